The van der Waals surface area contributed by atoms with Crippen molar-refractivity contribution in [1.29, 1.82) is 0 Å². The summed E-state index contributed by atoms with van der Waals surface area (Å²) in [5.74, 6) is 0. The van der Waals surface area contributed by atoms with E-state index in [1.807, 2.05) is 32.6 Å². The first kappa shape index (κ1) is 14.8. The average molecular weight is 219 g/mol. The second-order valence-electron chi connectivity index (χ2n) is 4.35. The van der Waals surface area contributed by atoms with E-state index in [-0.39, 0.29) is 12.7 Å². The maximum Gasteiger partial charge on any atom is 0.0900 e. The molecular weight excluding hydrogens is 194 g/mol. The zero-order valence-corrected chi connectivity index (χ0v) is 10.3. The second-order valence-corrected chi connectivity index (χ2v) is 4.35. The fourth-order valence-corrected chi connectivity index (χ4v) is 1.32. The van der Waals surface area contributed by atoms with Gasteiger partial charge in [-0.1, -0.05) is 0 Å². The van der Waals surface area contributed by atoms with Crippen LogP contribution in [0, 0.1) is 0 Å². The van der Waals surface area contributed by atoms with Crippen molar-refractivity contribution in [3.05, 3.63) is 0 Å². The predicted molar refractivity (Wildman–Crippen MR) is 60.9 cm³/mol. The van der Waals surface area contributed by atoms with Gasteiger partial charge in [-0.25, -0.2) is 0 Å². The Morgan fingerprint density at radius 2 is 1.80 bits per heavy atom. The van der Waals surface area contributed by atoms with Gasteiger partial charge >= 0.3 is 0 Å². The first-order chi connectivity index (χ1) is 6.97. The molecule has 2 N–H and O–H groups in total. The maximum absolute atomic E-state index is 9.70. The van der Waals surface area contributed by atoms with Crippen molar-refractivity contribution in [3.63, 3.8) is 0 Å². The SMILES string of the molecule is CC(C)OC[C@@H](O)CN(CCO)C(C)C. The molecule has 0 saturated carbocycles. The van der Waals surface area contributed by atoms with Crippen LogP contribution in [0.3, 0.4) is 0 Å². The summed E-state index contributed by atoms with van der Waals surface area (Å²) in [5, 5.41) is 18.6. The van der Waals surface area contributed by atoms with Crippen LogP contribution in [0.1, 0.15) is 27.7 Å². The molecule has 0 spiro atoms. The minimum absolute atomic E-state index is 0.121. The van der Waals surface area contributed by atoms with Gasteiger partial charge < -0.3 is 14.9 Å². The van der Waals surface area contributed by atoms with Crippen LogP contribution < -0.4 is 0 Å². The Morgan fingerprint density at radius 1 is 1.20 bits per heavy atom. The highest BCUT2D eigenvalue weighted by molar-refractivity contribution is 4.67. The zero-order chi connectivity index (χ0) is 11.8. The third kappa shape index (κ3) is 7.73. The van der Waals surface area contributed by atoms with E-state index in [9.17, 15) is 5.11 Å². The van der Waals surface area contributed by atoms with Crippen LogP contribution in [0.15, 0.2) is 0 Å². The van der Waals surface area contributed by atoms with E-state index in [2.05, 4.69) is 0 Å². The summed E-state index contributed by atoms with van der Waals surface area (Å²) in [4.78, 5) is 2.04. The highest BCUT2D eigenvalue weighted by Crippen LogP contribution is 2.01. The summed E-state index contributed by atoms with van der Waals surface area (Å²) in [6.07, 6.45) is -0.341. The molecule has 0 fully saturated rings. The molecule has 0 aromatic rings. The summed E-state index contributed by atoms with van der Waals surface area (Å²) in [6.45, 7) is 9.60. The van der Waals surface area contributed by atoms with Crippen LogP contribution in [0.5, 0.6) is 0 Å². The number of nitrogens with zero attached hydrogens (tertiary/aromatic N) is 1. The molecule has 0 aromatic heterocycles. The van der Waals surface area contributed by atoms with Crippen LogP contribution in [-0.2, 0) is 4.74 Å². The van der Waals surface area contributed by atoms with Crippen molar-refractivity contribution in [2.24, 2.45) is 0 Å². The van der Waals surface area contributed by atoms with Crippen molar-refractivity contribution in [3.8, 4) is 0 Å². The third-order valence-electron chi connectivity index (χ3n) is 2.18. The lowest BCUT2D eigenvalue weighted by atomic mass is 10.2. The highest BCUT2D eigenvalue weighted by Gasteiger charge is 2.14. The first-order valence-corrected chi connectivity index (χ1v) is 5.62. The molecule has 4 heteroatoms. The monoisotopic (exact) mass is 219 g/mol. The van der Waals surface area contributed by atoms with Gasteiger partial charge in [-0.3, -0.25) is 4.90 Å². The van der Waals surface area contributed by atoms with E-state index >= 15 is 0 Å². The quantitative estimate of drug-likeness (QED) is 0.623. The fraction of sp³-hybridized carbons (Fsp3) is 1.00. The van der Waals surface area contributed by atoms with Gasteiger partial charge in [0.15, 0.2) is 0 Å². The normalized spacial score (nSPS) is 14.2. The van der Waals surface area contributed by atoms with Gasteiger partial charge in [0, 0.05) is 19.1 Å². The minimum atomic E-state index is -0.485. The van der Waals surface area contributed by atoms with E-state index in [4.69, 9.17) is 9.84 Å². The van der Waals surface area contributed by atoms with Crippen molar-refractivity contribution < 1.29 is 14.9 Å². The number of hydrogen-bond donors (Lipinski definition) is 2. The molecule has 0 aliphatic rings. The topological polar surface area (TPSA) is 52.9 Å². The van der Waals surface area contributed by atoms with Gasteiger partial charge in [0.1, 0.15) is 0 Å². The fourth-order valence-electron chi connectivity index (χ4n) is 1.32. The Kier molecular flexibility index (Phi) is 7.96. The molecule has 1 atom stereocenters. The van der Waals surface area contributed by atoms with Crippen molar-refractivity contribution in [1.82, 2.24) is 4.90 Å². The molecule has 0 bridgehead atoms. The summed E-state index contributed by atoms with van der Waals surface area (Å²) in [7, 11) is 0. The lowest BCUT2D eigenvalue weighted by Gasteiger charge is -2.28. The van der Waals surface area contributed by atoms with E-state index in [1.54, 1.807) is 0 Å². The van der Waals surface area contributed by atoms with Crippen LogP contribution in [0.4, 0.5) is 0 Å². The van der Waals surface area contributed by atoms with Crippen molar-refractivity contribution in [2.45, 2.75) is 45.9 Å². The first-order valence-electron chi connectivity index (χ1n) is 5.62. The minimum Gasteiger partial charge on any atom is -0.395 e. The summed E-state index contributed by atoms with van der Waals surface area (Å²) < 4.78 is 5.32. The second kappa shape index (κ2) is 8.05. The third-order valence-corrected chi connectivity index (χ3v) is 2.18. The molecule has 0 aromatic carbocycles. The molecule has 0 heterocycles. The number of rotatable bonds is 8. The molecule has 15 heavy (non-hydrogen) atoms. The molecule has 0 unspecified atom stereocenters. The van der Waals surface area contributed by atoms with E-state index in [1.165, 1.54) is 0 Å². The largest absolute Gasteiger partial charge is 0.395 e. The van der Waals surface area contributed by atoms with Crippen molar-refractivity contribution >= 4 is 0 Å². The number of hydrogen-bond acceptors (Lipinski definition) is 4. The Hall–Kier alpha value is -0.160. The standard InChI is InChI=1S/C11H25NO3/c1-9(2)12(5-6-13)7-11(14)8-15-10(3)4/h9-11,13-14H,5-8H2,1-4H3/t11-/m0/s1. The Morgan fingerprint density at radius 3 is 2.20 bits per heavy atom. The van der Waals surface area contributed by atoms with E-state index in [0.29, 0.717) is 25.7 Å². The van der Waals surface area contributed by atoms with E-state index in [0.717, 1.165) is 0 Å². The highest BCUT2D eigenvalue weighted by atomic mass is 16.5. The van der Waals surface area contributed by atoms with Crippen molar-refractivity contribution in [2.75, 3.05) is 26.3 Å². The average Bonchev–Trinajstić information content (AvgIpc) is 2.14. The molecule has 4 nitrogen and oxygen atoms in total. The van der Waals surface area contributed by atoms with Gasteiger partial charge in [0.25, 0.3) is 0 Å². The number of aliphatic hydroxyl groups excluding tert-OH is 2. The van der Waals surface area contributed by atoms with Gasteiger partial charge in [0.05, 0.1) is 25.4 Å². The molecule has 0 aliphatic carbocycles. The van der Waals surface area contributed by atoms with Gasteiger partial charge in [0.2, 0.25) is 0 Å². The maximum atomic E-state index is 9.70. The Bertz CT molecular complexity index is 151. The lowest BCUT2D eigenvalue weighted by Crippen LogP contribution is -2.41. The van der Waals surface area contributed by atoms with Crippen LogP contribution in [-0.4, -0.2) is 59.7 Å². The molecule has 0 aliphatic heterocycles. The molecular formula is C11H25NO3. The lowest BCUT2D eigenvalue weighted by molar-refractivity contribution is -0.0142. The Labute approximate surface area is 92.9 Å². The molecule has 0 saturated heterocycles. The van der Waals surface area contributed by atoms with Gasteiger partial charge in [-0.15, -0.1) is 0 Å². The zero-order valence-electron chi connectivity index (χ0n) is 10.3. The van der Waals surface area contributed by atoms with Gasteiger partial charge in [-0.05, 0) is 27.7 Å². The molecule has 92 valence electrons. The van der Waals surface area contributed by atoms with Crippen LogP contribution >= 0.6 is 0 Å². The Balaban J connectivity index is 3.83. The van der Waals surface area contributed by atoms with Crippen LogP contribution in [0.25, 0.3) is 0 Å². The number of aliphatic hydroxyl groups is 2. The summed E-state index contributed by atoms with van der Waals surface area (Å²) in [6, 6.07) is 0.325. The number of ether oxygens (including phenoxy) is 1. The molecule has 0 amide bonds. The predicted octanol–water partition coefficient (Wildman–Crippen LogP) is 0.475. The molecule has 0 radical (unpaired) electrons. The summed E-state index contributed by atoms with van der Waals surface area (Å²) in [5.41, 5.74) is 0. The summed E-state index contributed by atoms with van der Waals surface area (Å²) >= 11 is 0. The van der Waals surface area contributed by atoms with Crippen LogP contribution in [0.2, 0.25) is 0 Å². The van der Waals surface area contributed by atoms with E-state index < -0.39 is 6.10 Å². The molecule has 0 rings (SSSR count). The van der Waals surface area contributed by atoms with Gasteiger partial charge in [-0.2, -0.15) is 0 Å². The smallest absolute Gasteiger partial charge is 0.0900 e.